The minimum Gasteiger partial charge on any atom is -0.483 e. The van der Waals surface area contributed by atoms with E-state index in [2.05, 4.69) is 21.2 Å². The van der Waals surface area contributed by atoms with Crippen molar-refractivity contribution in [2.75, 3.05) is 11.9 Å². The molecule has 0 fully saturated rings. The van der Waals surface area contributed by atoms with Crippen molar-refractivity contribution in [2.45, 2.75) is 13.5 Å². The summed E-state index contributed by atoms with van der Waals surface area (Å²) in [5.41, 5.74) is 2.44. The van der Waals surface area contributed by atoms with Crippen LogP contribution in [-0.4, -0.2) is 17.6 Å². The molecule has 0 heterocycles. The van der Waals surface area contributed by atoms with E-state index in [0.29, 0.717) is 11.3 Å². The molecule has 2 aromatic carbocycles. The molecule has 0 radical (unpaired) electrons. The third kappa shape index (κ3) is 4.58. The number of hydrogen-bond donors (Lipinski definition) is 2. The molecule has 2 aromatic rings. The molecule has 21 heavy (non-hydrogen) atoms. The summed E-state index contributed by atoms with van der Waals surface area (Å²) in [6.45, 7) is 1.71. The van der Waals surface area contributed by atoms with Crippen molar-refractivity contribution >= 4 is 27.5 Å². The first-order valence-corrected chi connectivity index (χ1v) is 7.26. The van der Waals surface area contributed by atoms with Gasteiger partial charge < -0.3 is 15.2 Å². The largest absolute Gasteiger partial charge is 0.483 e. The van der Waals surface area contributed by atoms with Gasteiger partial charge in [-0.2, -0.15) is 0 Å². The lowest BCUT2D eigenvalue weighted by Gasteiger charge is -2.11. The number of aryl methyl sites for hydroxylation is 1. The zero-order chi connectivity index (χ0) is 15.2. The number of ether oxygens (including phenoxy) is 1. The second-order valence-corrected chi connectivity index (χ2v) is 5.53. The molecule has 0 unspecified atom stereocenters. The molecular formula is C16H16BrNO3. The van der Waals surface area contributed by atoms with Crippen molar-refractivity contribution in [2.24, 2.45) is 0 Å². The number of amides is 1. The quantitative estimate of drug-likeness (QED) is 0.870. The van der Waals surface area contributed by atoms with E-state index in [1.807, 2.05) is 31.2 Å². The summed E-state index contributed by atoms with van der Waals surface area (Å²) in [5.74, 6) is 0.257. The molecular weight excluding hydrogens is 334 g/mol. The van der Waals surface area contributed by atoms with Crippen LogP contribution in [0, 0.1) is 6.92 Å². The molecule has 4 nitrogen and oxygen atoms in total. The predicted molar refractivity (Wildman–Crippen MR) is 85.4 cm³/mol. The predicted octanol–water partition coefficient (Wildman–Crippen LogP) is 3.27. The van der Waals surface area contributed by atoms with E-state index in [4.69, 9.17) is 4.74 Å². The average Bonchev–Trinajstić information content (AvgIpc) is 2.45. The average molecular weight is 350 g/mol. The van der Waals surface area contributed by atoms with E-state index >= 15 is 0 Å². The second-order valence-electron chi connectivity index (χ2n) is 4.62. The monoisotopic (exact) mass is 349 g/mol. The number of carbonyl (C=O) groups is 1. The Morgan fingerprint density at radius 2 is 2.10 bits per heavy atom. The normalized spacial score (nSPS) is 10.2. The molecule has 0 aliphatic carbocycles. The minimum absolute atomic E-state index is 0.109. The summed E-state index contributed by atoms with van der Waals surface area (Å²) in [5, 5.41) is 12.0. The standard InChI is InChI=1S/C16H16BrNO3/c1-11-3-2-4-14(7-11)18-16(20)10-21-15-6-5-13(17)8-12(15)9-19/h2-8,19H,9-10H2,1H3,(H,18,20). The molecule has 110 valence electrons. The smallest absolute Gasteiger partial charge is 0.262 e. The number of anilines is 1. The van der Waals surface area contributed by atoms with Crippen LogP contribution in [0.5, 0.6) is 5.75 Å². The molecule has 0 spiro atoms. The summed E-state index contributed by atoms with van der Waals surface area (Å²) in [7, 11) is 0. The van der Waals surface area contributed by atoms with E-state index in [1.54, 1.807) is 18.2 Å². The molecule has 2 N–H and O–H groups in total. The zero-order valence-electron chi connectivity index (χ0n) is 11.6. The van der Waals surface area contributed by atoms with Crippen LogP contribution in [0.1, 0.15) is 11.1 Å². The number of carbonyl (C=O) groups excluding carboxylic acids is 1. The van der Waals surface area contributed by atoms with E-state index in [9.17, 15) is 9.90 Å². The number of halogens is 1. The Bertz CT molecular complexity index is 643. The highest BCUT2D eigenvalue weighted by atomic mass is 79.9. The lowest BCUT2D eigenvalue weighted by Crippen LogP contribution is -2.20. The fourth-order valence-corrected chi connectivity index (χ4v) is 2.28. The van der Waals surface area contributed by atoms with Gasteiger partial charge in [-0.05, 0) is 42.8 Å². The van der Waals surface area contributed by atoms with Gasteiger partial charge in [-0.25, -0.2) is 0 Å². The summed E-state index contributed by atoms with van der Waals surface area (Å²) in [6, 6.07) is 12.8. The first kappa shape index (κ1) is 15.5. The maximum Gasteiger partial charge on any atom is 0.262 e. The first-order chi connectivity index (χ1) is 10.1. The first-order valence-electron chi connectivity index (χ1n) is 6.47. The SMILES string of the molecule is Cc1cccc(NC(=O)COc2ccc(Br)cc2CO)c1. The number of benzene rings is 2. The number of aliphatic hydroxyl groups is 1. The third-order valence-corrected chi connectivity index (χ3v) is 3.35. The summed E-state index contributed by atoms with van der Waals surface area (Å²) in [4.78, 5) is 11.9. The van der Waals surface area contributed by atoms with Gasteiger partial charge in [0, 0.05) is 15.7 Å². The van der Waals surface area contributed by atoms with Gasteiger partial charge in [0.05, 0.1) is 6.61 Å². The molecule has 0 aromatic heterocycles. The van der Waals surface area contributed by atoms with Crippen molar-refractivity contribution in [3.05, 3.63) is 58.1 Å². The number of hydrogen-bond acceptors (Lipinski definition) is 3. The van der Waals surface area contributed by atoms with Crippen molar-refractivity contribution in [1.82, 2.24) is 0 Å². The van der Waals surface area contributed by atoms with E-state index in [0.717, 1.165) is 15.7 Å². The molecule has 5 heteroatoms. The van der Waals surface area contributed by atoms with Gasteiger partial charge in [-0.15, -0.1) is 0 Å². The third-order valence-electron chi connectivity index (χ3n) is 2.85. The Labute approximate surface area is 131 Å². The van der Waals surface area contributed by atoms with Crippen LogP contribution in [-0.2, 0) is 11.4 Å². The van der Waals surface area contributed by atoms with Crippen molar-refractivity contribution < 1.29 is 14.6 Å². The Balaban J connectivity index is 1.95. The van der Waals surface area contributed by atoms with Gasteiger partial charge in [-0.3, -0.25) is 4.79 Å². The minimum atomic E-state index is -0.243. The maximum atomic E-state index is 11.9. The number of nitrogens with one attached hydrogen (secondary N) is 1. The molecule has 1 amide bonds. The van der Waals surface area contributed by atoms with Gasteiger partial charge >= 0.3 is 0 Å². The molecule has 0 saturated carbocycles. The number of aliphatic hydroxyl groups excluding tert-OH is 1. The van der Waals surface area contributed by atoms with Gasteiger partial charge in [0.2, 0.25) is 0 Å². The molecule has 0 aliphatic heterocycles. The van der Waals surface area contributed by atoms with Gasteiger partial charge in [-0.1, -0.05) is 28.1 Å². The van der Waals surface area contributed by atoms with E-state index in [1.165, 1.54) is 0 Å². The van der Waals surface area contributed by atoms with Gasteiger partial charge in [0.1, 0.15) is 5.75 Å². The molecule has 2 rings (SSSR count). The van der Waals surface area contributed by atoms with Crippen LogP contribution in [0.25, 0.3) is 0 Å². The Kier molecular flexibility index (Phi) is 5.36. The fourth-order valence-electron chi connectivity index (χ4n) is 1.88. The van der Waals surface area contributed by atoms with Crippen LogP contribution >= 0.6 is 15.9 Å². The Hall–Kier alpha value is -1.85. The molecule has 0 atom stereocenters. The summed E-state index contributed by atoms with van der Waals surface area (Å²) in [6.07, 6.45) is 0. The molecule has 0 bridgehead atoms. The highest BCUT2D eigenvalue weighted by Gasteiger charge is 2.07. The number of rotatable bonds is 5. The topological polar surface area (TPSA) is 58.6 Å². The Morgan fingerprint density at radius 1 is 1.29 bits per heavy atom. The van der Waals surface area contributed by atoms with Crippen LogP contribution < -0.4 is 10.1 Å². The molecule has 0 aliphatic rings. The summed E-state index contributed by atoms with van der Waals surface area (Å²) < 4.78 is 6.30. The lowest BCUT2D eigenvalue weighted by atomic mass is 10.2. The van der Waals surface area contributed by atoms with E-state index < -0.39 is 0 Å². The Morgan fingerprint density at radius 3 is 2.81 bits per heavy atom. The summed E-state index contributed by atoms with van der Waals surface area (Å²) >= 11 is 3.32. The van der Waals surface area contributed by atoms with Crippen LogP contribution in [0.4, 0.5) is 5.69 Å². The van der Waals surface area contributed by atoms with Crippen molar-refractivity contribution in [3.8, 4) is 5.75 Å². The van der Waals surface area contributed by atoms with Gasteiger partial charge in [0.15, 0.2) is 6.61 Å². The van der Waals surface area contributed by atoms with Crippen LogP contribution in [0.2, 0.25) is 0 Å². The second kappa shape index (κ2) is 7.24. The van der Waals surface area contributed by atoms with E-state index in [-0.39, 0.29) is 19.1 Å². The van der Waals surface area contributed by atoms with Gasteiger partial charge in [0.25, 0.3) is 5.91 Å². The highest BCUT2D eigenvalue weighted by molar-refractivity contribution is 9.10. The lowest BCUT2D eigenvalue weighted by molar-refractivity contribution is -0.118. The van der Waals surface area contributed by atoms with Crippen molar-refractivity contribution in [3.63, 3.8) is 0 Å². The van der Waals surface area contributed by atoms with Crippen LogP contribution in [0.3, 0.4) is 0 Å². The fraction of sp³-hybridized carbons (Fsp3) is 0.188. The van der Waals surface area contributed by atoms with Crippen LogP contribution in [0.15, 0.2) is 46.9 Å². The maximum absolute atomic E-state index is 11.9. The van der Waals surface area contributed by atoms with Crippen molar-refractivity contribution in [1.29, 1.82) is 0 Å². The zero-order valence-corrected chi connectivity index (χ0v) is 13.2. The molecule has 0 saturated heterocycles. The highest BCUT2D eigenvalue weighted by Crippen LogP contribution is 2.23.